The van der Waals surface area contributed by atoms with E-state index in [0.717, 1.165) is 11.0 Å². The molecule has 9 nitrogen and oxygen atoms in total. The quantitative estimate of drug-likeness (QED) is 0.420. The third-order valence-electron chi connectivity index (χ3n) is 2.66. The lowest BCUT2D eigenvalue weighted by atomic mass is 10.3. The third-order valence-corrected chi connectivity index (χ3v) is 2.66. The molecule has 19 heavy (non-hydrogen) atoms. The van der Waals surface area contributed by atoms with Crippen LogP contribution in [-0.4, -0.2) is 45.2 Å². The molecule has 0 radical (unpaired) electrons. The van der Waals surface area contributed by atoms with Gasteiger partial charge in [0.2, 0.25) is 11.8 Å². The van der Waals surface area contributed by atoms with Crippen molar-refractivity contribution in [2.45, 2.75) is 0 Å². The second-order valence-corrected chi connectivity index (χ2v) is 4.08. The summed E-state index contributed by atoms with van der Waals surface area (Å²) in [7, 11) is 1.48. The van der Waals surface area contributed by atoms with Crippen LogP contribution in [0.25, 0.3) is 0 Å². The molecule has 0 atom stereocenters. The highest BCUT2D eigenvalue weighted by Crippen LogP contribution is 2.17. The fourth-order valence-electron chi connectivity index (χ4n) is 1.80. The summed E-state index contributed by atoms with van der Waals surface area (Å²) in [4.78, 5) is 45.5. The van der Waals surface area contributed by atoms with E-state index < -0.39 is 22.6 Å². The zero-order chi connectivity index (χ0) is 14.2. The minimum Gasteiger partial charge on any atom is -0.340 e. The Morgan fingerprint density at radius 1 is 1.37 bits per heavy atom. The molecule has 2 heterocycles. The number of nitro groups is 1. The number of rotatable bonds is 2. The van der Waals surface area contributed by atoms with Gasteiger partial charge >= 0.3 is 0 Å². The highest BCUT2D eigenvalue weighted by Gasteiger charge is 2.29. The summed E-state index contributed by atoms with van der Waals surface area (Å²) in [6.45, 7) is -0.493. The van der Waals surface area contributed by atoms with Gasteiger partial charge < -0.3 is 9.47 Å². The Bertz CT molecular complexity index is 575. The standard InChI is InChI=1S/C10H10N4O5/c1-12-3-6(14(18)19)2-7(12)10(17)13-4-8(15)11-9(16)5-13/h2-3H,4-5H2,1H3,(H,11,15,16). The van der Waals surface area contributed by atoms with E-state index in [1.807, 2.05) is 0 Å². The van der Waals surface area contributed by atoms with Crippen LogP contribution >= 0.6 is 0 Å². The lowest BCUT2D eigenvalue weighted by Crippen LogP contribution is -2.53. The van der Waals surface area contributed by atoms with Crippen LogP contribution < -0.4 is 5.32 Å². The normalized spacial score (nSPS) is 15.3. The maximum Gasteiger partial charge on any atom is 0.287 e. The summed E-state index contributed by atoms with van der Waals surface area (Å²) >= 11 is 0. The number of hydrogen-bond acceptors (Lipinski definition) is 5. The zero-order valence-electron chi connectivity index (χ0n) is 9.95. The lowest BCUT2D eigenvalue weighted by Gasteiger charge is -2.25. The first-order chi connectivity index (χ1) is 8.88. The molecular weight excluding hydrogens is 256 g/mol. The van der Waals surface area contributed by atoms with Gasteiger partial charge in [-0.25, -0.2) is 0 Å². The van der Waals surface area contributed by atoms with Crippen LogP contribution in [0.3, 0.4) is 0 Å². The number of nitrogens with zero attached hydrogens (tertiary/aromatic N) is 3. The maximum absolute atomic E-state index is 12.1. The molecule has 0 aliphatic carbocycles. The summed E-state index contributed by atoms with van der Waals surface area (Å²) < 4.78 is 1.29. The van der Waals surface area contributed by atoms with Gasteiger partial charge in [-0.1, -0.05) is 0 Å². The van der Waals surface area contributed by atoms with Crippen molar-refractivity contribution in [3.63, 3.8) is 0 Å². The number of amides is 3. The minimum absolute atomic E-state index is 0.0502. The Balaban J connectivity index is 2.26. The summed E-state index contributed by atoms with van der Waals surface area (Å²) in [6.07, 6.45) is 1.19. The Morgan fingerprint density at radius 3 is 2.42 bits per heavy atom. The Kier molecular flexibility index (Phi) is 3.03. The van der Waals surface area contributed by atoms with Gasteiger partial charge in [-0.15, -0.1) is 0 Å². The molecule has 100 valence electrons. The van der Waals surface area contributed by atoms with Gasteiger partial charge in [0, 0.05) is 13.1 Å². The molecule has 0 unspecified atom stereocenters. The SMILES string of the molecule is Cn1cc([N+](=O)[O-])cc1C(=O)N1CC(=O)NC(=O)C1. The largest absolute Gasteiger partial charge is 0.340 e. The van der Waals surface area contributed by atoms with E-state index in [0.29, 0.717) is 0 Å². The van der Waals surface area contributed by atoms with E-state index in [2.05, 4.69) is 5.32 Å². The second-order valence-electron chi connectivity index (χ2n) is 4.08. The number of imide groups is 1. The highest BCUT2D eigenvalue weighted by molar-refractivity contribution is 6.05. The minimum atomic E-state index is -0.620. The van der Waals surface area contributed by atoms with E-state index in [9.17, 15) is 24.5 Å². The molecule has 2 rings (SSSR count). The van der Waals surface area contributed by atoms with Crippen LogP contribution in [-0.2, 0) is 16.6 Å². The monoisotopic (exact) mass is 266 g/mol. The number of carbonyl (C=O) groups excluding carboxylic acids is 3. The molecule has 0 saturated carbocycles. The molecule has 1 saturated heterocycles. The fraction of sp³-hybridized carbons (Fsp3) is 0.300. The number of hydrogen-bond donors (Lipinski definition) is 1. The molecule has 1 N–H and O–H groups in total. The first-order valence-electron chi connectivity index (χ1n) is 5.31. The number of aromatic nitrogens is 1. The molecular formula is C10H10N4O5. The van der Waals surface area contributed by atoms with Crippen molar-refractivity contribution < 1.29 is 19.3 Å². The van der Waals surface area contributed by atoms with Crippen LogP contribution in [0.5, 0.6) is 0 Å². The van der Waals surface area contributed by atoms with Crippen LogP contribution in [0.15, 0.2) is 12.3 Å². The molecule has 1 aliphatic heterocycles. The molecule has 0 aromatic carbocycles. The van der Waals surface area contributed by atoms with Gasteiger partial charge in [-0.3, -0.25) is 29.8 Å². The molecule has 0 bridgehead atoms. The van der Waals surface area contributed by atoms with E-state index in [1.165, 1.54) is 17.8 Å². The first kappa shape index (κ1) is 12.7. The van der Waals surface area contributed by atoms with Crippen LogP contribution in [0.1, 0.15) is 10.5 Å². The molecule has 3 amide bonds. The van der Waals surface area contributed by atoms with Crippen molar-refractivity contribution >= 4 is 23.4 Å². The Labute approximate surface area is 106 Å². The van der Waals surface area contributed by atoms with Gasteiger partial charge in [0.25, 0.3) is 11.6 Å². The molecule has 9 heteroatoms. The van der Waals surface area contributed by atoms with Gasteiger partial charge in [-0.05, 0) is 0 Å². The molecule has 0 spiro atoms. The number of nitrogens with one attached hydrogen (secondary N) is 1. The number of aryl methyl sites for hydroxylation is 1. The van der Waals surface area contributed by atoms with Crippen LogP contribution in [0.4, 0.5) is 5.69 Å². The van der Waals surface area contributed by atoms with E-state index in [1.54, 1.807) is 0 Å². The van der Waals surface area contributed by atoms with Gasteiger partial charge in [0.15, 0.2) is 0 Å². The number of piperazine rings is 1. The van der Waals surface area contributed by atoms with Crippen molar-refractivity contribution in [2.75, 3.05) is 13.1 Å². The zero-order valence-corrected chi connectivity index (χ0v) is 9.95. The molecule has 1 aliphatic rings. The fourth-order valence-corrected chi connectivity index (χ4v) is 1.80. The molecule has 1 aromatic heterocycles. The molecule has 1 aromatic rings. The van der Waals surface area contributed by atoms with Crippen molar-refractivity contribution in [2.24, 2.45) is 7.05 Å². The van der Waals surface area contributed by atoms with Gasteiger partial charge in [0.1, 0.15) is 18.8 Å². The smallest absolute Gasteiger partial charge is 0.287 e. The Morgan fingerprint density at radius 2 is 1.95 bits per heavy atom. The van der Waals surface area contributed by atoms with Crippen molar-refractivity contribution in [1.29, 1.82) is 0 Å². The average molecular weight is 266 g/mol. The predicted octanol–water partition coefficient (Wildman–Crippen LogP) is -0.968. The van der Waals surface area contributed by atoms with Gasteiger partial charge in [0.05, 0.1) is 11.1 Å². The van der Waals surface area contributed by atoms with E-state index >= 15 is 0 Å². The third kappa shape index (κ3) is 2.44. The predicted molar refractivity (Wildman–Crippen MR) is 61.1 cm³/mol. The maximum atomic E-state index is 12.1. The summed E-state index contributed by atoms with van der Waals surface area (Å²) in [5.74, 6) is -1.75. The summed E-state index contributed by atoms with van der Waals surface area (Å²) in [6, 6.07) is 1.11. The second kappa shape index (κ2) is 4.52. The molecule has 1 fully saturated rings. The average Bonchev–Trinajstić information content (AvgIpc) is 2.69. The first-order valence-corrected chi connectivity index (χ1v) is 5.31. The van der Waals surface area contributed by atoms with Gasteiger partial charge in [-0.2, -0.15) is 0 Å². The number of carbonyl (C=O) groups is 3. The summed E-state index contributed by atoms with van der Waals surface area (Å²) in [5, 5.41) is 12.7. The van der Waals surface area contributed by atoms with Crippen LogP contribution in [0, 0.1) is 10.1 Å². The van der Waals surface area contributed by atoms with Crippen LogP contribution in [0.2, 0.25) is 0 Å². The van der Waals surface area contributed by atoms with Crippen molar-refractivity contribution in [3.05, 3.63) is 28.1 Å². The summed E-state index contributed by atoms with van der Waals surface area (Å²) in [5.41, 5.74) is -0.173. The van der Waals surface area contributed by atoms with E-state index in [-0.39, 0.29) is 24.5 Å². The highest BCUT2D eigenvalue weighted by atomic mass is 16.6. The Hall–Kier alpha value is -2.71. The van der Waals surface area contributed by atoms with E-state index in [4.69, 9.17) is 0 Å². The topological polar surface area (TPSA) is 115 Å². The van der Waals surface area contributed by atoms with Crippen molar-refractivity contribution in [3.8, 4) is 0 Å². The lowest BCUT2D eigenvalue weighted by molar-refractivity contribution is -0.384. The van der Waals surface area contributed by atoms with Crippen molar-refractivity contribution in [1.82, 2.24) is 14.8 Å².